The predicted molar refractivity (Wildman–Crippen MR) is 70.1 cm³/mol. The van der Waals surface area contributed by atoms with Crippen molar-refractivity contribution in [1.29, 1.82) is 0 Å². The molecular weight excluding hydrogens is 228 g/mol. The Labute approximate surface area is 107 Å². The molecule has 0 aromatic heterocycles. The van der Waals surface area contributed by atoms with Crippen LogP contribution in [-0.4, -0.2) is 18.4 Å². The summed E-state index contributed by atoms with van der Waals surface area (Å²) in [5.41, 5.74) is 7.36. The second-order valence-electron chi connectivity index (χ2n) is 4.72. The summed E-state index contributed by atoms with van der Waals surface area (Å²) >= 11 is 0. The van der Waals surface area contributed by atoms with Gasteiger partial charge in [0.2, 0.25) is 11.8 Å². The van der Waals surface area contributed by atoms with Gasteiger partial charge < -0.3 is 10.6 Å². The van der Waals surface area contributed by atoms with Crippen LogP contribution in [0.1, 0.15) is 25.3 Å². The number of nitrogens with zero attached hydrogens (tertiary/aromatic N) is 1. The van der Waals surface area contributed by atoms with E-state index in [2.05, 4.69) is 6.92 Å². The summed E-state index contributed by atoms with van der Waals surface area (Å²) < 4.78 is 0. The molecule has 4 nitrogen and oxygen atoms in total. The van der Waals surface area contributed by atoms with E-state index in [0.717, 1.165) is 18.5 Å². The molecule has 1 aliphatic rings. The molecule has 0 saturated carbocycles. The molecule has 2 N–H and O–H groups in total. The van der Waals surface area contributed by atoms with Gasteiger partial charge in [-0.2, -0.15) is 0 Å². The van der Waals surface area contributed by atoms with E-state index in [4.69, 9.17) is 5.73 Å². The number of carbonyl (C=O) groups excluding carboxylic acids is 2. The molecule has 1 unspecified atom stereocenters. The molecule has 4 heteroatoms. The first-order chi connectivity index (χ1) is 8.61. The number of hydrogen-bond donors (Lipinski definition) is 1. The normalized spacial score (nSPS) is 19.3. The van der Waals surface area contributed by atoms with Gasteiger partial charge in [-0.3, -0.25) is 9.59 Å². The molecule has 1 saturated heterocycles. The van der Waals surface area contributed by atoms with Crippen LogP contribution in [0.3, 0.4) is 0 Å². The molecule has 96 valence electrons. The summed E-state index contributed by atoms with van der Waals surface area (Å²) in [4.78, 5) is 24.6. The molecule has 0 spiro atoms. The van der Waals surface area contributed by atoms with Crippen molar-refractivity contribution in [3.63, 3.8) is 0 Å². The quantitative estimate of drug-likeness (QED) is 0.874. The van der Waals surface area contributed by atoms with Gasteiger partial charge in [-0.15, -0.1) is 0 Å². The van der Waals surface area contributed by atoms with Crippen molar-refractivity contribution in [3.8, 4) is 0 Å². The van der Waals surface area contributed by atoms with Crippen molar-refractivity contribution in [1.82, 2.24) is 0 Å². The molecule has 1 aromatic carbocycles. The summed E-state index contributed by atoms with van der Waals surface area (Å²) in [6.07, 6.45) is 2.37. The van der Waals surface area contributed by atoms with Crippen molar-refractivity contribution in [2.75, 3.05) is 11.4 Å². The molecule has 2 rings (SSSR count). The van der Waals surface area contributed by atoms with E-state index in [1.807, 2.05) is 24.3 Å². The molecule has 0 bridgehead atoms. The van der Waals surface area contributed by atoms with Crippen molar-refractivity contribution in [3.05, 3.63) is 29.8 Å². The molecule has 1 atom stereocenters. The lowest BCUT2D eigenvalue weighted by Gasteiger charge is -2.16. The van der Waals surface area contributed by atoms with Gasteiger partial charge in [0.1, 0.15) is 0 Å². The van der Waals surface area contributed by atoms with E-state index in [1.54, 1.807) is 4.90 Å². The topological polar surface area (TPSA) is 63.4 Å². The fourth-order valence-corrected chi connectivity index (χ4v) is 2.28. The minimum Gasteiger partial charge on any atom is -0.369 e. The number of amides is 2. The first-order valence-corrected chi connectivity index (χ1v) is 6.30. The summed E-state index contributed by atoms with van der Waals surface area (Å²) in [6, 6.07) is 7.94. The molecule has 1 aromatic rings. The third-order valence-electron chi connectivity index (χ3n) is 3.31. The van der Waals surface area contributed by atoms with Gasteiger partial charge in [0, 0.05) is 18.7 Å². The van der Waals surface area contributed by atoms with Crippen LogP contribution in [-0.2, 0) is 16.0 Å². The number of benzene rings is 1. The third-order valence-corrected chi connectivity index (χ3v) is 3.31. The van der Waals surface area contributed by atoms with Crippen molar-refractivity contribution < 1.29 is 9.59 Å². The molecule has 1 aliphatic heterocycles. The minimum absolute atomic E-state index is 0.0259. The van der Waals surface area contributed by atoms with Gasteiger partial charge in [-0.25, -0.2) is 0 Å². The van der Waals surface area contributed by atoms with E-state index in [0.29, 0.717) is 6.54 Å². The second kappa shape index (κ2) is 5.21. The molecule has 0 radical (unpaired) electrons. The lowest BCUT2D eigenvalue weighted by Crippen LogP contribution is -2.28. The van der Waals surface area contributed by atoms with E-state index < -0.39 is 5.91 Å². The number of primary amides is 1. The summed E-state index contributed by atoms with van der Waals surface area (Å²) in [5.74, 6) is -0.775. The fraction of sp³-hybridized carbons (Fsp3) is 0.429. The molecule has 18 heavy (non-hydrogen) atoms. The highest BCUT2D eigenvalue weighted by Gasteiger charge is 2.33. The maximum Gasteiger partial charge on any atom is 0.227 e. The highest BCUT2D eigenvalue weighted by atomic mass is 16.2. The Morgan fingerprint density at radius 2 is 2.06 bits per heavy atom. The van der Waals surface area contributed by atoms with E-state index in [1.165, 1.54) is 5.56 Å². The van der Waals surface area contributed by atoms with Crippen molar-refractivity contribution >= 4 is 17.5 Å². The molecular formula is C14H18N2O2. The standard InChI is InChI=1S/C14H18N2O2/c1-2-3-10-4-6-12(7-5-10)16-9-11(14(15)18)8-13(16)17/h4-7,11H,2-3,8-9H2,1H3,(H2,15,18). The third kappa shape index (κ3) is 2.53. The van der Waals surface area contributed by atoms with E-state index >= 15 is 0 Å². The molecule has 1 fully saturated rings. The average molecular weight is 246 g/mol. The monoisotopic (exact) mass is 246 g/mol. The highest BCUT2D eigenvalue weighted by Crippen LogP contribution is 2.25. The summed E-state index contributed by atoms with van der Waals surface area (Å²) in [7, 11) is 0. The Hall–Kier alpha value is -1.84. The molecule has 2 amide bonds. The molecule has 0 aliphatic carbocycles. The van der Waals surface area contributed by atoms with Crippen LogP contribution in [0.2, 0.25) is 0 Å². The predicted octanol–water partition coefficient (Wildman–Crippen LogP) is 1.48. The summed E-state index contributed by atoms with van der Waals surface area (Å²) in [5, 5.41) is 0. The number of rotatable bonds is 4. The zero-order valence-electron chi connectivity index (χ0n) is 10.6. The van der Waals surface area contributed by atoms with Gasteiger partial charge in [0.25, 0.3) is 0 Å². The van der Waals surface area contributed by atoms with Gasteiger partial charge >= 0.3 is 0 Å². The van der Waals surface area contributed by atoms with Crippen LogP contribution in [0, 0.1) is 5.92 Å². The Morgan fingerprint density at radius 1 is 1.39 bits per heavy atom. The SMILES string of the molecule is CCCc1ccc(N2CC(C(N)=O)CC2=O)cc1. The Balaban J connectivity index is 2.12. The lowest BCUT2D eigenvalue weighted by atomic mass is 10.1. The zero-order chi connectivity index (χ0) is 13.1. The van der Waals surface area contributed by atoms with Crippen molar-refractivity contribution in [2.24, 2.45) is 11.7 Å². The van der Waals surface area contributed by atoms with Gasteiger partial charge in [-0.05, 0) is 24.1 Å². The number of hydrogen-bond acceptors (Lipinski definition) is 2. The number of aryl methyl sites for hydroxylation is 1. The smallest absolute Gasteiger partial charge is 0.227 e. The minimum atomic E-state index is -0.395. The number of carbonyl (C=O) groups is 2. The van der Waals surface area contributed by atoms with Gasteiger partial charge in [-0.1, -0.05) is 25.5 Å². The van der Waals surface area contributed by atoms with Crippen LogP contribution in [0.25, 0.3) is 0 Å². The Morgan fingerprint density at radius 3 is 2.56 bits per heavy atom. The van der Waals surface area contributed by atoms with E-state index in [-0.39, 0.29) is 18.2 Å². The number of nitrogens with two attached hydrogens (primary N) is 1. The van der Waals surface area contributed by atoms with Crippen molar-refractivity contribution in [2.45, 2.75) is 26.2 Å². The van der Waals surface area contributed by atoms with E-state index in [9.17, 15) is 9.59 Å². The Bertz CT molecular complexity index is 453. The van der Waals surface area contributed by atoms with Crippen LogP contribution in [0.4, 0.5) is 5.69 Å². The second-order valence-corrected chi connectivity index (χ2v) is 4.72. The molecule has 1 heterocycles. The summed E-state index contributed by atoms with van der Waals surface area (Å²) in [6.45, 7) is 2.54. The van der Waals surface area contributed by atoms with Crippen LogP contribution in [0.5, 0.6) is 0 Å². The Kier molecular flexibility index (Phi) is 3.65. The zero-order valence-corrected chi connectivity index (χ0v) is 10.6. The largest absolute Gasteiger partial charge is 0.369 e. The van der Waals surface area contributed by atoms with Crippen LogP contribution in [0.15, 0.2) is 24.3 Å². The number of anilines is 1. The average Bonchev–Trinajstić information content (AvgIpc) is 2.73. The lowest BCUT2D eigenvalue weighted by molar-refractivity contribution is -0.123. The van der Waals surface area contributed by atoms with Crippen LogP contribution >= 0.6 is 0 Å². The first-order valence-electron chi connectivity index (χ1n) is 6.30. The van der Waals surface area contributed by atoms with Gasteiger partial charge in [0.15, 0.2) is 0 Å². The maximum atomic E-state index is 11.8. The highest BCUT2D eigenvalue weighted by molar-refractivity contribution is 6.00. The van der Waals surface area contributed by atoms with Gasteiger partial charge in [0.05, 0.1) is 5.92 Å². The van der Waals surface area contributed by atoms with Crippen LogP contribution < -0.4 is 10.6 Å². The first kappa shape index (κ1) is 12.6. The maximum absolute atomic E-state index is 11.8. The fourth-order valence-electron chi connectivity index (χ4n) is 2.28.